The van der Waals surface area contributed by atoms with Gasteiger partial charge in [0.15, 0.2) is 0 Å². The molecule has 0 heterocycles. The van der Waals surface area contributed by atoms with Gasteiger partial charge in [0.2, 0.25) is 0 Å². The minimum absolute atomic E-state index is 0.284. The highest BCUT2D eigenvalue weighted by Gasteiger charge is 2.56. The Balaban J connectivity index is 1.05. The van der Waals surface area contributed by atoms with Gasteiger partial charge in [0.05, 0.1) is 10.8 Å². The standard InChI is InChI=1S/C68H38F4/c69-47-21-9-39(10-22-47)43-17-29-53-54-30-18-44(40-11-23-48(70)24-12-40)34-62(54)67(61(53)33-43)59-7-3-1-5-51(59)57-37-66-58(38-65(57)67)52-6-2-4-8-60(52)68(66)63-35-45(41-13-25-49(71)26-14-41)19-31-55(63)56-32-20-46(36-64(56)68)42-15-27-50(72)28-16-42/h1-38H. The Labute approximate surface area is 413 Å². The Hall–Kier alpha value is -8.86. The Bertz CT molecular complexity index is 3650. The van der Waals surface area contributed by atoms with Crippen LogP contribution in [0.25, 0.3) is 89.0 Å². The molecule has 0 aromatic heterocycles. The molecule has 15 rings (SSSR count). The van der Waals surface area contributed by atoms with Gasteiger partial charge in [-0.15, -0.1) is 0 Å². The zero-order valence-corrected chi connectivity index (χ0v) is 38.5. The minimum Gasteiger partial charge on any atom is -0.207 e. The summed E-state index contributed by atoms with van der Waals surface area (Å²) in [4.78, 5) is 0. The fourth-order valence-corrected chi connectivity index (χ4v) is 13.1. The molecule has 4 aliphatic rings. The number of rotatable bonds is 4. The Morgan fingerprint density at radius 2 is 0.403 bits per heavy atom. The van der Waals surface area contributed by atoms with Crippen molar-refractivity contribution in [2.75, 3.05) is 0 Å². The molecule has 4 aliphatic carbocycles. The van der Waals surface area contributed by atoms with Crippen LogP contribution in [0, 0.1) is 23.3 Å². The van der Waals surface area contributed by atoms with Gasteiger partial charge >= 0.3 is 0 Å². The van der Waals surface area contributed by atoms with Crippen molar-refractivity contribution in [1.29, 1.82) is 0 Å². The first kappa shape index (κ1) is 41.0. The molecule has 0 saturated carbocycles. The summed E-state index contributed by atoms with van der Waals surface area (Å²) >= 11 is 0. The minimum atomic E-state index is -0.778. The zero-order chi connectivity index (χ0) is 48.0. The van der Waals surface area contributed by atoms with Crippen LogP contribution in [0.15, 0.2) is 231 Å². The normalized spacial score (nSPS) is 14.1. The van der Waals surface area contributed by atoms with Gasteiger partial charge in [-0.25, -0.2) is 17.6 Å². The molecule has 0 N–H and O–H groups in total. The molecular weight excluding hydrogens is 893 g/mol. The molecule has 0 radical (unpaired) electrons. The van der Waals surface area contributed by atoms with Gasteiger partial charge in [-0.05, 0) is 218 Å². The molecule has 0 nitrogen and oxygen atoms in total. The zero-order valence-electron chi connectivity index (χ0n) is 38.5. The van der Waals surface area contributed by atoms with E-state index in [1.54, 1.807) is 0 Å². The average molecular weight is 931 g/mol. The number of halogens is 4. The third-order valence-corrected chi connectivity index (χ3v) is 16.2. The van der Waals surface area contributed by atoms with Crippen LogP contribution in [0.5, 0.6) is 0 Å². The molecule has 0 fully saturated rings. The van der Waals surface area contributed by atoms with E-state index in [2.05, 4.69) is 133 Å². The number of benzene rings is 11. The topological polar surface area (TPSA) is 0 Å². The Morgan fingerprint density at radius 1 is 0.181 bits per heavy atom. The summed E-state index contributed by atoms with van der Waals surface area (Å²) in [6.07, 6.45) is 0. The first-order chi connectivity index (χ1) is 35.3. The molecule has 338 valence electrons. The SMILES string of the molecule is Fc1ccc(-c2ccc3c(c2)C2(c4ccccc4-c4cc5c(cc42)-c2ccccc2C52c4cc(-c5ccc(F)cc5)ccc4-c4ccc(-c5ccc(F)cc5)cc42)c2cc(-c4ccc(F)cc4)ccc2-3)cc1. The smallest absolute Gasteiger partial charge is 0.123 e. The van der Waals surface area contributed by atoms with E-state index in [4.69, 9.17) is 0 Å². The fourth-order valence-electron chi connectivity index (χ4n) is 13.1. The van der Waals surface area contributed by atoms with Crippen molar-refractivity contribution >= 4 is 0 Å². The van der Waals surface area contributed by atoms with E-state index in [0.29, 0.717) is 0 Å². The van der Waals surface area contributed by atoms with Crippen molar-refractivity contribution in [3.63, 3.8) is 0 Å². The Morgan fingerprint density at radius 3 is 0.681 bits per heavy atom. The number of hydrogen-bond acceptors (Lipinski definition) is 0. The van der Waals surface area contributed by atoms with Crippen molar-refractivity contribution in [2.24, 2.45) is 0 Å². The second kappa shape index (κ2) is 14.8. The van der Waals surface area contributed by atoms with E-state index in [1.807, 2.05) is 48.5 Å². The van der Waals surface area contributed by atoms with Crippen molar-refractivity contribution in [2.45, 2.75) is 10.8 Å². The van der Waals surface area contributed by atoms with Crippen LogP contribution in [0.2, 0.25) is 0 Å². The van der Waals surface area contributed by atoms with Gasteiger partial charge < -0.3 is 0 Å². The molecule has 0 saturated heterocycles. The van der Waals surface area contributed by atoms with Gasteiger partial charge in [-0.2, -0.15) is 0 Å². The highest BCUT2D eigenvalue weighted by atomic mass is 19.1. The van der Waals surface area contributed by atoms with Crippen molar-refractivity contribution in [3.05, 3.63) is 298 Å². The van der Waals surface area contributed by atoms with Crippen molar-refractivity contribution in [3.8, 4) is 89.0 Å². The molecule has 72 heavy (non-hydrogen) atoms. The van der Waals surface area contributed by atoms with Gasteiger partial charge in [0.25, 0.3) is 0 Å². The summed E-state index contributed by atoms with van der Waals surface area (Å²) in [6, 6.07) is 76.2. The predicted octanol–water partition coefficient (Wildman–Crippen LogP) is 17.6. The summed E-state index contributed by atoms with van der Waals surface area (Å²) < 4.78 is 57.7. The first-order valence-corrected chi connectivity index (χ1v) is 24.3. The van der Waals surface area contributed by atoms with Crippen LogP contribution in [-0.2, 0) is 10.8 Å². The van der Waals surface area contributed by atoms with Crippen LogP contribution >= 0.6 is 0 Å². The maximum absolute atomic E-state index is 14.4. The van der Waals surface area contributed by atoms with E-state index in [0.717, 1.165) is 111 Å². The number of fused-ring (bicyclic) bond motifs is 20. The van der Waals surface area contributed by atoms with E-state index >= 15 is 0 Å². The predicted molar refractivity (Wildman–Crippen MR) is 281 cm³/mol. The van der Waals surface area contributed by atoms with E-state index < -0.39 is 10.8 Å². The lowest BCUT2D eigenvalue weighted by atomic mass is 9.68. The molecule has 2 spiro atoms. The summed E-state index contributed by atoms with van der Waals surface area (Å²) in [5.74, 6) is -1.14. The van der Waals surface area contributed by atoms with Crippen molar-refractivity contribution in [1.82, 2.24) is 0 Å². The molecule has 0 bridgehead atoms. The monoisotopic (exact) mass is 930 g/mol. The van der Waals surface area contributed by atoms with Crippen LogP contribution in [0.1, 0.15) is 44.5 Å². The summed E-state index contributed by atoms with van der Waals surface area (Å²) in [7, 11) is 0. The maximum atomic E-state index is 14.4. The van der Waals surface area contributed by atoms with Crippen LogP contribution in [-0.4, -0.2) is 0 Å². The highest BCUT2D eigenvalue weighted by Crippen LogP contribution is 2.68. The van der Waals surface area contributed by atoms with Crippen LogP contribution in [0.3, 0.4) is 0 Å². The lowest BCUT2D eigenvalue weighted by Gasteiger charge is -2.33. The average Bonchev–Trinajstić information content (AvgIpc) is 4.08. The quantitative estimate of drug-likeness (QED) is 0.154. The largest absolute Gasteiger partial charge is 0.207 e. The maximum Gasteiger partial charge on any atom is 0.123 e. The summed E-state index contributed by atoms with van der Waals surface area (Å²) in [5, 5.41) is 0. The molecular formula is C68H38F4. The van der Waals surface area contributed by atoms with Gasteiger partial charge in [-0.3, -0.25) is 0 Å². The molecule has 11 aromatic rings. The molecule has 0 amide bonds. The third-order valence-electron chi connectivity index (χ3n) is 16.2. The van der Waals surface area contributed by atoms with Crippen LogP contribution in [0.4, 0.5) is 17.6 Å². The van der Waals surface area contributed by atoms with Crippen LogP contribution < -0.4 is 0 Å². The molecule has 0 atom stereocenters. The summed E-state index contributed by atoms with van der Waals surface area (Å²) in [5.41, 5.74) is 24.4. The lowest BCUT2D eigenvalue weighted by molar-refractivity contribution is 0.627. The molecule has 4 heteroatoms. The second-order valence-corrected chi connectivity index (χ2v) is 19.6. The third kappa shape index (κ3) is 5.47. The number of hydrogen-bond donors (Lipinski definition) is 0. The second-order valence-electron chi connectivity index (χ2n) is 19.6. The molecule has 11 aromatic carbocycles. The van der Waals surface area contributed by atoms with E-state index in [-0.39, 0.29) is 23.3 Å². The lowest BCUT2D eigenvalue weighted by Crippen LogP contribution is -2.27. The van der Waals surface area contributed by atoms with Gasteiger partial charge in [-0.1, -0.05) is 146 Å². The fraction of sp³-hybridized carbons (Fsp3) is 0.0294. The first-order valence-electron chi connectivity index (χ1n) is 24.3. The van der Waals surface area contributed by atoms with Gasteiger partial charge in [0, 0.05) is 0 Å². The Kier molecular flexibility index (Phi) is 8.44. The molecule has 0 aliphatic heterocycles. The van der Waals surface area contributed by atoms with E-state index in [9.17, 15) is 17.6 Å². The molecule has 0 unspecified atom stereocenters. The summed E-state index contributed by atoms with van der Waals surface area (Å²) in [6.45, 7) is 0. The van der Waals surface area contributed by atoms with E-state index in [1.165, 1.54) is 70.8 Å². The highest BCUT2D eigenvalue weighted by molar-refractivity contribution is 6.02. The van der Waals surface area contributed by atoms with Crippen molar-refractivity contribution < 1.29 is 17.6 Å². The van der Waals surface area contributed by atoms with Gasteiger partial charge in [0.1, 0.15) is 23.3 Å².